The van der Waals surface area contributed by atoms with Crippen molar-refractivity contribution in [3.8, 4) is 0 Å². The van der Waals surface area contributed by atoms with Gasteiger partial charge in [0.25, 0.3) is 0 Å². The monoisotopic (exact) mass is 238 g/mol. The third-order valence-corrected chi connectivity index (χ3v) is 5.01. The lowest BCUT2D eigenvalue weighted by Crippen LogP contribution is -2.48. The van der Waals surface area contributed by atoms with Crippen molar-refractivity contribution in [3.63, 3.8) is 0 Å². The van der Waals surface area contributed by atoms with E-state index in [9.17, 15) is 0 Å². The maximum absolute atomic E-state index is 6.47. The first-order valence-electron chi connectivity index (χ1n) is 6.01. The van der Waals surface area contributed by atoms with E-state index in [2.05, 4.69) is 11.9 Å². The quantitative estimate of drug-likeness (QED) is 0.876. The summed E-state index contributed by atoms with van der Waals surface area (Å²) in [5, 5.41) is 0. The molecule has 16 heavy (non-hydrogen) atoms. The lowest BCUT2D eigenvalue weighted by atomic mass is 9.79. The van der Waals surface area contributed by atoms with Gasteiger partial charge < -0.3 is 10.5 Å². The number of hydrogen-bond donors (Lipinski definition) is 1. The summed E-state index contributed by atoms with van der Waals surface area (Å²) in [6, 6.07) is 0. The molecule has 1 aromatic heterocycles. The largest absolute Gasteiger partial charge is 0.373 e. The Hall–Kier alpha value is -0.450. The molecule has 1 aromatic rings. The second-order valence-corrected chi connectivity index (χ2v) is 6.06. The fraction of sp³-hybridized carbons (Fsp3) is 0.750. The molecule has 0 aromatic carbocycles. The Balaban J connectivity index is 1.65. The van der Waals surface area contributed by atoms with Crippen LogP contribution < -0.4 is 5.73 Å². The van der Waals surface area contributed by atoms with Gasteiger partial charge in [0.2, 0.25) is 0 Å². The summed E-state index contributed by atoms with van der Waals surface area (Å²) in [5.41, 5.74) is 9.49. The second-order valence-electron chi connectivity index (χ2n) is 5.12. The highest BCUT2D eigenvalue weighted by molar-refractivity contribution is 7.09. The summed E-state index contributed by atoms with van der Waals surface area (Å²) in [4.78, 5) is 5.66. The molecular formula is C12H18N2OS. The Morgan fingerprint density at radius 2 is 2.50 bits per heavy atom. The van der Waals surface area contributed by atoms with Gasteiger partial charge in [-0.2, -0.15) is 0 Å². The molecule has 2 N–H and O–H groups in total. The number of fused-ring (bicyclic) bond motifs is 2. The van der Waals surface area contributed by atoms with Crippen LogP contribution in [-0.2, 0) is 11.2 Å². The van der Waals surface area contributed by atoms with Crippen molar-refractivity contribution in [3.05, 3.63) is 16.1 Å². The number of ether oxygens (including phenoxy) is 1. The molecule has 0 radical (unpaired) electrons. The molecule has 0 amide bonds. The Morgan fingerprint density at radius 1 is 1.62 bits per heavy atom. The van der Waals surface area contributed by atoms with Gasteiger partial charge in [0, 0.05) is 10.4 Å². The van der Waals surface area contributed by atoms with Crippen molar-refractivity contribution in [1.29, 1.82) is 0 Å². The first kappa shape index (κ1) is 10.7. The minimum absolute atomic E-state index is 0.0701. The molecular weight excluding hydrogens is 220 g/mol. The van der Waals surface area contributed by atoms with Crippen LogP contribution in [0.25, 0.3) is 0 Å². The third-order valence-electron chi connectivity index (χ3n) is 4.02. The van der Waals surface area contributed by atoms with Crippen molar-refractivity contribution >= 4 is 11.3 Å². The second kappa shape index (κ2) is 3.79. The van der Waals surface area contributed by atoms with Gasteiger partial charge >= 0.3 is 0 Å². The molecule has 2 bridgehead atoms. The SMILES string of the molecule is Cc1ncsc1CCC1(N)CC2CCC1O2. The molecule has 3 rings (SSSR count). The van der Waals surface area contributed by atoms with Crippen LogP contribution in [0.15, 0.2) is 5.51 Å². The molecule has 2 aliphatic rings. The lowest BCUT2D eigenvalue weighted by Gasteiger charge is -2.31. The summed E-state index contributed by atoms with van der Waals surface area (Å²) in [6.45, 7) is 2.08. The van der Waals surface area contributed by atoms with Crippen molar-refractivity contribution < 1.29 is 4.74 Å². The number of aromatic nitrogens is 1. The van der Waals surface area contributed by atoms with Crippen LogP contribution in [0.3, 0.4) is 0 Å². The van der Waals surface area contributed by atoms with Gasteiger partial charge in [-0.1, -0.05) is 0 Å². The summed E-state index contributed by atoms with van der Waals surface area (Å²) in [5.74, 6) is 0. The van der Waals surface area contributed by atoms with E-state index in [1.807, 2.05) is 5.51 Å². The van der Waals surface area contributed by atoms with Crippen LogP contribution >= 0.6 is 11.3 Å². The average Bonchev–Trinajstić information content (AvgIpc) is 2.91. The fourth-order valence-corrected chi connectivity index (χ4v) is 3.79. The highest BCUT2D eigenvalue weighted by atomic mass is 32.1. The number of thiazole rings is 1. The van der Waals surface area contributed by atoms with Gasteiger partial charge in [0.05, 0.1) is 23.4 Å². The van der Waals surface area contributed by atoms with Crippen LogP contribution in [-0.4, -0.2) is 22.7 Å². The topological polar surface area (TPSA) is 48.1 Å². The van der Waals surface area contributed by atoms with Gasteiger partial charge in [-0.3, -0.25) is 0 Å². The average molecular weight is 238 g/mol. The Morgan fingerprint density at radius 3 is 3.06 bits per heavy atom. The lowest BCUT2D eigenvalue weighted by molar-refractivity contribution is 0.0839. The van der Waals surface area contributed by atoms with Crippen LogP contribution in [0.2, 0.25) is 0 Å². The summed E-state index contributed by atoms with van der Waals surface area (Å²) < 4.78 is 5.85. The highest BCUT2D eigenvalue weighted by Gasteiger charge is 2.49. The third kappa shape index (κ3) is 1.69. The van der Waals surface area contributed by atoms with Crippen molar-refractivity contribution in [2.75, 3.05) is 0 Å². The Kier molecular flexibility index (Phi) is 2.53. The number of aryl methyl sites for hydroxylation is 2. The molecule has 2 aliphatic heterocycles. The predicted molar refractivity (Wildman–Crippen MR) is 64.6 cm³/mol. The minimum atomic E-state index is -0.0701. The van der Waals surface area contributed by atoms with E-state index < -0.39 is 0 Å². The molecule has 3 unspecified atom stereocenters. The van der Waals surface area contributed by atoms with E-state index in [1.54, 1.807) is 11.3 Å². The normalized spacial score (nSPS) is 37.1. The van der Waals surface area contributed by atoms with Crippen molar-refractivity contribution in [2.45, 2.75) is 56.8 Å². The number of nitrogens with zero attached hydrogens (tertiary/aromatic N) is 1. The van der Waals surface area contributed by atoms with Crippen LogP contribution in [0.4, 0.5) is 0 Å². The maximum atomic E-state index is 6.47. The number of rotatable bonds is 3. The zero-order chi connectivity index (χ0) is 11.2. The van der Waals surface area contributed by atoms with E-state index in [-0.39, 0.29) is 5.54 Å². The standard InChI is InChI=1S/C12H18N2OS/c1-8-10(16-7-14-8)4-5-12(13)6-9-2-3-11(12)15-9/h7,9,11H,2-6,13H2,1H3. The minimum Gasteiger partial charge on any atom is -0.373 e. The summed E-state index contributed by atoms with van der Waals surface area (Å²) in [7, 11) is 0. The van der Waals surface area contributed by atoms with Gasteiger partial charge in [-0.25, -0.2) is 4.98 Å². The summed E-state index contributed by atoms with van der Waals surface area (Å²) >= 11 is 1.74. The Labute approximate surface area is 100 Å². The maximum Gasteiger partial charge on any atom is 0.0797 e. The van der Waals surface area contributed by atoms with Crippen molar-refractivity contribution in [1.82, 2.24) is 4.98 Å². The van der Waals surface area contributed by atoms with E-state index in [1.165, 1.54) is 11.3 Å². The molecule has 3 nitrogen and oxygen atoms in total. The fourth-order valence-electron chi connectivity index (χ4n) is 3.01. The molecule has 0 saturated carbocycles. The highest BCUT2D eigenvalue weighted by Crippen LogP contribution is 2.42. The summed E-state index contributed by atoms with van der Waals surface area (Å²) in [6.07, 6.45) is 6.27. The first-order chi connectivity index (χ1) is 7.67. The van der Waals surface area contributed by atoms with Gasteiger partial charge in [-0.05, 0) is 39.0 Å². The molecule has 4 heteroatoms. The van der Waals surface area contributed by atoms with Crippen LogP contribution in [0.1, 0.15) is 36.3 Å². The number of hydrogen-bond acceptors (Lipinski definition) is 4. The van der Waals surface area contributed by atoms with Crippen LogP contribution in [0, 0.1) is 6.92 Å². The Bertz CT molecular complexity index is 392. The van der Waals surface area contributed by atoms with E-state index in [0.717, 1.165) is 31.4 Å². The van der Waals surface area contributed by atoms with E-state index in [0.29, 0.717) is 12.2 Å². The zero-order valence-corrected chi connectivity index (χ0v) is 10.4. The van der Waals surface area contributed by atoms with Gasteiger partial charge in [0.15, 0.2) is 0 Å². The number of nitrogens with two attached hydrogens (primary N) is 1. The zero-order valence-electron chi connectivity index (χ0n) is 9.61. The van der Waals surface area contributed by atoms with E-state index in [4.69, 9.17) is 10.5 Å². The molecule has 0 spiro atoms. The molecule has 3 atom stereocenters. The molecule has 2 saturated heterocycles. The molecule has 88 valence electrons. The van der Waals surface area contributed by atoms with Gasteiger partial charge in [0.1, 0.15) is 0 Å². The van der Waals surface area contributed by atoms with Gasteiger partial charge in [-0.15, -0.1) is 11.3 Å². The van der Waals surface area contributed by atoms with E-state index >= 15 is 0 Å². The molecule has 2 fully saturated rings. The van der Waals surface area contributed by atoms with Crippen LogP contribution in [0.5, 0.6) is 0 Å². The predicted octanol–water partition coefficient (Wildman–Crippen LogP) is 2.03. The molecule has 3 heterocycles. The molecule has 0 aliphatic carbocycles. The first-order valence-corrected chi connectivity index (χ1v) is 6.89. The van der Waals surface area contributed by atoms with Crippen molar-refractivity contribution in [2.24, 2.45) is 5.73 Å². The smallest absolute Gasteiger partial charge is 0.0797 e.